The molecule has 0 unspecified atom stereocenters. The second-order valence-corrected chi connectivity index (χ2v) is 1.52. The van der Waals surface area contributed by atoms with Crippen LogP contribution in [0, 0.1) is 10.1 Å². The normalized spacial score (nSPS) is 8.12. The predicted molar refractivity (Wildman–Crippen MR) is 31.5 cm³/mol. The first-order valence-corrected chi connectivity index (χ1v) is 2.26. The van der Waals surface area contributed by atoms with Crippen molar-refractivity contribution in [2.75, 3.05) is 13.7 Å². The SMILES string of the molecule is COC(=S)C[N+](=O)[O-]. The lowest BCUT2D eigenvalue weighted by Crippen LogP contribution is -2.12. The molecule has 0 aromatic heterocycles. The van der Waals surface area contributed by atoms with Gasteiger partial charge in [0.25, 0.3) is 6.54 Å². The van der Waals surface area contributed by atoms with Gasteiger partial charge in [-0.3, -0.25) is 10.1 Å². The number of rotatable bonds is 2. The van der Waals surface area contributed by atoms with Crippen LogP contribution in [-0.2, 0) is 4.74 Å². The standard InChI is InChI=1S/C3H5NO3S/c1-7-3(8)2-4(5)6/h2H2,1H3. The first-order valence-electron chi connectivity index (χ1n) is 1.85. The summed E-state index contributed by atoms with van der Waals surface area (Å²) < 4.78 is 4.35. The van der Waals surface area contributed by atoms with Crippen molar-refractivity contribution in [3.05, 3.63) is 10.1 Å². The highest BCUT2D eigenvalue weighted by atomic mass is 32.1. The van der Waals surface area contributed by atoms with E-state index in [9.17, 15) is 10.1 Å². The maximum absolute atomic E-state index is 9.61. The van der Waals surface area contributed by atoms with Gasteiger partial charge in [-0.2, -0.15) is 0 Å². The van der Waals surface area contributed by atoms with Crippen LogP contribution >= 0.6 is 12.2 Å². The van der Waals surface area contributed by atoms with Gasteiger partial charge in [0.1, 0.15) is 0 Å². The Morgan fingerprint density at radius 3 is 2.62 bits per heavy atom. The lowest BCUT2D eigenvalue weighted by molar-refractivity contribution is -0.464. The van der Waals surface area contributed by atoms with Gasteiger partial charge in [-0.1, -0.05) is 0 Å². The van der Waals surface area contributed by atoms with Gasteiger partial charge in [0.15, 0.2) is 0 Å². The first-order chi connectivity index (χ1) is 3.66. The fourth-order valence-electron chi connectivity index (χ4n) is 0.170. The van der Waals surface area contributed by atoms with Crippen LogP contribution in [0.15, 0.2) is 0 Å². The van der Waals surface area contributed by atoms with E-state index >= 15 is 0 Å². The molecule has 0 fully saturated rings. The topological polar surface area (TPSA) is 52.4 Å². The van der Waals surface area contributed by atoms with Crippen LogP contribution in [0.1, 0.15) is 0 Å². The summed E-state index contributed by atoms with van der Waals surface area (Å²) in [6, 6.07) is 0. The van der Waals surface area contributed by atoms with E-state index in [1.165, 1.54) is 7.11 Å². The largest absolute Gasteiger partial charge is 0.485 e. The van der Waals surface area contributed by atoms with Gasteiger partial charge in [-0.05, 0) is 12.2 Å². The van der Waals surface area contributed by atoms with Crippen molar-refractivity contribution in [2.24, 2.45) is 0 Å². The zero-order chi connectivity index (χ0) is 6.57. The molecule has 4 nitrogen and oxygen atoms in total. The van der Waals surface area contributed by atoms with Gasteiger partial charge in [0.2, 0.25) is 5.05 Å². The van der Waals surface area contributed by atoms with Crippen molar-refractivity contribution in [1.29, 1.82) is 0 Å². The van der Waals surface area contributed by atoms with E-state index in [1.807, 2.05) is 0 Å². The van der Waals surface area contributed by atoms with Gasteiger partial charge >= 0.3 is 0 Å². The maximum Gasteiger partial charge on any atom is 0.270 e. The number of nitrogens with zero attached hydrogens (tertiary/aromatic N) is 1. The van der Waals surface area contributed by atoms with Crippen molar-refractivity contribution in [1.82, 2.24) is 0 Å². The molecule has 0 aromatic carbocycles. The third-order valence-electron chi connectivity index (χ3n) is 0.486. The van der Waals surface area contributed by atoms with E-state index in [4.69, 9.17) is 0 Å². The van der Waals surface area contributed by atoms with Crippen LogP contribution in [0.5, 0.6) is 0 Å². The molecule has 0 atom stereocenters. The highest BCUT2D eigenvalue weighted by molar-refractivity contribution is 7.80. The van der Waals surface area contributed by atoms with E-state index in [2.05, 4.69) is 17.0 Å². The van der Waals surface area contributed by atoms with E-state index in [0.717, 1.165) is 0 Å². The molecule has 8 heavy (non-hydrogen) atoms. The third kappa shape index (κ3) is 3.48. The number of methoxy groups -OCH3 is 1. The Bertz CT molecular complexity index is 113. The molecule has 0 rings (SSSR count). The molecule has 46 valence electrons. The molecular formula is C3H5NO3S. The Balaban J connectivity index is 3.40. The second kappa shape index (κ2) is 3.31. The van der Waals surface area contributed by atoms with Gasteiger partial charge in [0.05, 0.1) is 7.11 Å². The zero-order valence-corrected chi connectivity index (χ0v) is 5.10. The van der Waals surface area contributed by atoms with Crippen molar-refractivity contribution in [3.63, 3.8) is 0 Å². The van der Waals surface area contributed by atoms with Gasteiger partial charge in [-0.15, -0.1) is 0 Å². The molecule has 0 saturated heterocycles. The van der Waals surface area contributed by atoms with Crippen LogP contribution in [-0.4, -0.2) is 23.6 Å². The molecule has 0 aliphatic rings. The summed E-state index contributed by atoms with van der Waals surface area (Å²) in [5, 5.41) is 9.62. The van der Waals surface area contributed by atoms with E-state index in [1.54, 1.807) is 0 Å². The van der Waals surface area contributed by atoms with Crippen molar-refractivity contribution >= 4 is 17.3 Å². The van der Waals surface area contributed by atoms with E-state index < -0.39 is 4.92 Å². The Labute approximate surface area is 51.6 Å². The van der Waals surface area contributed by atoms with Gasteiger partial charge in [-0.25, -0.2) is 0 Å². The number of ether oxygens (including phenoxy) is 1. The molecule has 0 spiro atoms. The van der Waals surface area contributed by atoms with E-state index in [-0.39, 0.29) is 11.6 Å². The maximum atomic E-state index is 9.61. The average molecular weight is 135 g/mol. The summed E-state index contributed by atoms with van der Waals surface area (Å²) in [6.07, 6.45) is 0. The molecule has 0 aliphatic heterocycles. The molecule has 0 amide bonds. The van der Waals surface area contributed by atoms with Crippen molar-refractivity contribution in [3.8, 4) is 0 Å². The average Bonchev–Trinajstić information content (AvgIpc) is 1.65. The summed E-state index contributed by atoms with van der Waals surface area (Å²) in [7, 11) is 1.31. The highest BCUT2D eigenvalue weighted by Gasteiger charge is 2.01. The van der Waals surface area contributed by atoms with E-state index in [0.29, 0.717) is 0 Å². The number of hydrogen-bond donors (Lipinski definition) is 0. The molecule has 0 aliphatic carbocycles. The Morgan fingerprint density at radius 1 is 2.00 bits per heavy atom. The van der Waals surface area contributed by atoms with Gasteiger partial charge < -0.3 is 4.74 Å². The summed E-state index contributed by atoms with van der Waals surface area (Å²) in [4.78, 5) is 9.07. The zero-order valence-electron chi connectivity index (χ0n) is 4.29. The fraction of sp³-hybridized carbons (Fsp3) is 0.667. The smallest absolute Gasteiger partial charge is 0.270 e. The Hall–Kier alpha value is -0.710. The Kier molecular flexibility index (Phi) is 3.02. The van der Waals surface area contributed by atoms with Crippen molar-refractivity contribution < 1.29 is 9.66 Å². The minimum absolute atomic E-state index is 0.00926. The molecule has 0 bridgehead atoms. The number of hydrogen-bond acceptors (Lipinski definition) is 4. The third-order valence-corrected chi connectivity index (χ3v) is 0.782. The monoisotopic (exact) mass is 135 g/mol. The molecule has 0 heterocycles. The van der Waals surface area contributed by atoms with Crippen LogP contribution in [0.2, 0.25) is 0 Å². The number of nitro groups is 1. The molecule has 0 radical (unpaired) electrons. The summed E-state index contributed by atoms with van der Waals surface area (Å²) >= 11 is 4.37. The lowest BCUT2D eigenvalue weighted by Gasteiger charge is -1.92. The lowest BCUT2D eigenvalue weighted by atomic mass is 10.7. The fourth-order valence-corrected chi connectivity index (χ4v) is 0.275. The van der Waals surface area contributed by atoms with Crippen LogP contribution in [0.3, 0.4) is 0 Å². The quantitative estimate of drug-likeness (QED) is 0.309. The van der Waals surface area contributed by atoms with Crippen LogP contribution in [0.25, 0.3) is 0 Å². The summed E-state index contributed by atoms with van der Waals surface area (Å²) in [5.74, 6) is 0. The molecule has 0 N–H and O–H groups in total. The van der Waals surface area contributed by atoms with Crippen LogP contribution < -0.4 is 0 Å². The molecule has 0 aromatic rings. The Morgan fingerprint density at radius 2 is 2.50 bits per heavy atom. The second-order valence-electron chi connectivity index (χ2n) is 1.07. The van der Waals surface area contributed by atoms with Crippen LogP contribution in [0.4, 0.5) is 0 Å². The molecular weight excluding hydrogens is 130 g/mol. The minimum Gasteiger partial charge on any atom is -0.485 e. The van der Waals surface area contributed by atoms with Gasteiger partial charge in [0, 0.05) is 4.92 Å². The highest BCUT2D eigenvalue weighted by Crippen LogP contribution is 1.77. The summed E-state index contributed by atoms with van der Waals surface area (Å²) in [5.41, 5.74) is 0. The first kappa shape index (κ1) is 7.29. The number of thiocarbonyl (C=S) groups is 1. The summed E-state index contributed by atoms with van der Waals surface area (Å²) in [6.45, 7) is -0.383. The molecule has 5 heteroatoms. The van der Waals surface area contributed by atoms with Crippen molar-refractivity contribution in [2.45, 2.75) is 0 Å². The predicted octanol–water partition coefficient (Wildman–Crippen LogP) is 0.237. The minimum atomic E-state index is -0.536. The molecule has 0 saturated carbocycles.